The maximum atomic E-state index is 17.0. The highest BCUT2D eigenvalue weighted by Gasteiger charge is 2.62. The van der Waals surface area contributed by atoms with Crippen molar-refractivity contribution in [3.63, 3.8) is 0 Å². The molecule has 11 heteroatoms. The summed E-state index contributed by atoms with van der Waals surface area (Å²) in [6.07, 6.45) is -7.78. The molecule has 10 nitrogen and oxygen atoms in total. The van der Waals surface area contributed by atoms with Crippen LogP contribution in [0.2, 0.25) is 0 Å². The Morgan fingerprint density at radius 2 is 1.04 bits per heavy atom. The van der Waals surface area contributed by atoms with Crippen molar-refractivity contribution in [3.8, 4) is 0 Å². The summed E-state index contributed by atoms with van der Waals surface area (Å²) >= 11 is 0. The predicted octanol–water partition coefficient (Wildman–Crippen LogP) is 6.63. The second kappa shape index (κ2) is 20.8. The van der Waals surface area contributed by atoms with Gasteiger partial charge in [-0.25, -0.2) is 9.18 Å². The van der Waals surface area contributed by atoms with Gasteiger partial charge in [-0.05, 0) is 34.7 Å². The number of carbonyl (C=O) groups is 2. The van der Waals surface area contributed by atoms with Gasteiger partial charge in [-0.15, -0.1) is 0 Å². The van der Waals surface area contributed by atoms with E-state index >= 15 is 4.39 Å². The number of benzene rings is 5. The van der Waals surface area contributed by atoms with E-state index in [1.54, 1.807) is 24.3 Å². The average molecular weight is 778 g/mol. The summed E-state index contributed by atoms with van der Waals surface area (Å²) in [7, 11) is 0. The van der Waals surface area contributed by atoms with E-state index in [2.05, 4.69) is 5.32 Å². The molecule has 7 atom stereocenters. The minimum absolute atomic E-state index is 0.0308. The third-order valence-electron chi connectivity index (χ3n) is 9.50. The highest BCUT2D eigenvalue weighted by atomic mass is 19.1. The third kappa shape index (κ3) is 11.6. The first kappa shape index (κ1) is 41.4. The number of halogens is 1. The van der Waals surface area contributed by atoms with Crippen LogP contribution in [0.3, 0.4) is 0 Å². The van der Waals surface area contributed by atoms with Crippen molar-refractivity contribution in [1.82, 2.24) is 5.32 Å². The fraction of sp³-hybridized carbons (Fsp3) is 0.304. The van der Waals surface area contributed by atoms with Gasteiger partial charge in [0.25, 0.3) is 5.91 Å². The molecule has 0 saturated carbocycles. The Labute approximate surface area is 332 Å². The zero-order valence-corrected chi connectivity index (χ0v) is 31.7. The highest BCUT2D eigenvalue weighted by molar-refractivity contribution is 5.87. The van der Waals surface area contributed by atoms with E-state index < -0.39 is 54.3 Å². The SMILES string of the molecule is C[C@H](NC(=O)C(F)[C@]1(O)O[C@H](COCc2ccccc2)[C@H](OCc2ccccc2)[C@H](OCc2ccccc2)[C@H]1OCc1ccccc1)C(=O)OCc1ccccc1. The average Bonchev–Trinajstić information content (AvgIpc) is 3.25. The molecule has 0 aromatic heterocycles. The lowest BCUT2D eigenvalue weighted by atomic mass is 9.88. The number of carbonyl (C=O) groups excluding carboxylic acids is 2. The summed E-state index contributed by atoms with van der Waals surface area (Å²) in [5.74, 6) is -5.07. The first-order chi connectivity index (χ1) is 27.8. The normalized spacial score (nSPS) is 21.6. The van der Waals surface area contributed by atoms with Crippen molar-refractivity contribution < 1.29 is 47.5 Å². The standard InChI is InChI=1S/C46H48FNO9/c1-33(45(50)56-31-38-25-15-6-16-26-38)48-44(49)42(47)46(51)43(55-30-37-23-13-5-14-24-37)41(54-29-36-21-11-4-12-22-36)40(53-28-35-19-9-3-10-20-35)39(57-46)32-52-27-34-17-7-2-8-18-34/h2-26,33,39-43,51H,27-32H2,1H3,(H,48,49)/t33-,39+,40-,41-,42?,43+,46-/m0/s1. The molecule has 1 fully saturated rings. The molecular weight excluding hydrogens is 730 g/mol. The summed E-state index contributed by atoms with van der Waals surface area (Å²) in [6, 6.07) is 45.1. The molecule has 2 N–H and O–H groups in total. The molecule has 0 spiro atoms. The molecule has 1 aliphatic heterocycles. The van der Waals surface area contributed by atoms with Crippen molar-refractivity contribution in [1.29, 1.82) is 0 Å². The van der Waals surface area contributed by atoms with E-state index in [1.165, 1.54) is 6.92 Å². The van der Waals surface area contributed by atoms with Gasteiger partial charge in [0.1, 0.15) is 37.1 Å². The molecule has 57 heavy (non-hydrogen) atoms. The van der Waals surface area contributed by atoms with Crippen LogP contribution in [0.4, 0.5) is 4.39 Å². The number of hydrogen-bond donors (Lipinski definition) is 2. The second-order valence-corrected chi connectivity index (χ2v) is 13.8. The molecule has 0 radical (unpaired) electrons. The molecule has 298 valence electrons. The smallest absolute Gasteiger partial charge is 0.328 e. The molecule has 5 aromatic carbocycles. The summed E-state index contributed by atoms with van der Waals surface area (Å²) in [5, 5.41) is 14.9. The van der Waals surface area contributed by atoms with Crippen LogP contribution in [0, 0.1) is 0 Å². The molecule has 6 rings (SSSR count). The predicted molar refractivity (Wildman–Crippen MR) is 210 cm³/mol. The van der Waals surface area contributed by atoms with Gasteiger partial charge in [-0.3, -0.25) is 4.79 Å². The molecular formula is C46H48FNO9. The summed E-state index contributed by atoms with van der Waals surface area (Å²) in [6.45, 7) is 1.37. The number of aliphatic hydroxyl groups is 1. The highest BCUT2D eigenvalue weighted by Crippen LogP contribution is 2.39. The lowest BCUT2D eigenvalue weighted by Crippen LogP contribution is -2.72. The van der Waals surface area contributed by atoms with Crippen LogP contribution in [0.1, 0.15) is 34.7 Å². The van der Waals surface area contributed by atoms with E-state index in [0.29, 0.717) is 5.56 Å². The van der Waals surface area contributed by atoms with Crippen molar-refractivity contribution in [2.75, 3.05) is 6.61 Å². The van der Waals surface area contributed by atoms with Gasteiger partial charge in [-0.1, -0.05) is 152 Å². The summed E-state index contributed by atoms with van der Waals surface area (Å²) < 4.78 is 54.3. The number of nitrogens with one attached hydrogen (secondary N) is 1. The van der Waals surface area contributed by atoms with Gasteiger partial charge >= 0.3 is 5.97 Å². The summed E-state index contributed by atoms with van der Waals surface area (Å²) in [5.41, 5.74) is 3.97. The van der Waals surface area contributed by atoms with Crippen LogP contribution in [0.25, 0.3) is 0 Å². The van der Waals surface area contributed by atoms with E-state index in [-0.39, 0.29) is 39.6 Å². The zero-order chi connectivity index (χ0) is 39.9. The van der Waals surface area contributed by atoms with E-state index in [9.17, 15) is 14.7 Å². The van der Waals surface area contributed by atoms with Crippen LogP contribution in [0.15, 0.2) is 152 Å². The lowest BCUT2D eigenvalue weighted by molar-refractivity contribution is -0.382. The number of amides is 1. The second-order valence-electron chi connectivity index (χ2n) is 13.8. The van der Waals surface area contributed by atoms with Gasteiger partial charge in [0, 0.05) is 0 Å². The number of ether oxygens (including phenoxy) is 6. The molecule has 5 aromatic rings. The van der Waals surface area contributed by atoms with Crippen molar-refractivity contribution in [3.05, 3.63) is 179 Å². The first-order valence-corrected chi connectivity index (χ1v) is 18.9. The Hall–Kier alpha value is -5.27. The fourth-order valence-corrected chi connectivity index (χ4v) is 6.48. The Bertz CT molecular complexity index is 1940. The Kier molecular flexibility index (Phi) is 15.1. The number of alkyl halides is 1. The number of hydrogen-bond acceptors (Lipinski definition) is 9. The topological polar surface area (TPSA) is 122 Å². The Morgan fingerprint density at radius 3 is 1.51 bits per heavy atom. The molecule has 1 aliphatic rings. The van der Waals surface area contributed by atoms with Crippen LogP contribution >= 0.6 is 0 Å². The molecule has 0 aliphatic carbocycles. The van der Waals surface area contributed by atoms with Gasteiger partial charge in [-0.2, -0.15) is 0 Å². The fourth-order valence-electron chi connectivity index (χ4n) is 6.48. The molecule has 0 bridgehead atoms. The quantitative estimate of drug-likeness (QED) is 0.0891. The molecule has 1 unspecified atom stereocenters. The lowest BCUT2D eigenvalue weighted by Gasteiger charge is -2.50. The monoisotopic (exact) mass is 777 g/mol. The first-order valence-electron chi connectivity index (χ1n) is 18.9. The van der Waals surface area contributed by atoms with Gasteiger partial charge < -0.3 is 38.8 Å². The van der Waals surface area contributed by atoms with E-state index in [1.807, 2.05) is 127 Å². The van der Waals surface area contributed by atoms with Crippen molar-refractivity contribution in [2.24, 2.45) is 0 Å². The number of rotatable bonds is 19. The molecule has 1 heterocycles. The Balaban J connectivity index is 1.31. The van der Waals surface area contributed by atoms with Gasteiger partial charge in [0.15, 0.2) is 0 Å². The van der Waals surface area contributed by atoms with Crippen molar-refractivity contribution in [2.45, 2.75) is 82.4 Å². The number of esters is 1. The van der Waals surface area contributed by atoms with Crippen LogP contribution in [-0.2, 0) is 71.0 Å². The minimum Gasteiger partial charge on any atom is -0.459 e. The van der Waals surface area contributed by atoms with Gasteiger partial charge in [0.05, 0.1) is 33.0 Å². The molecule has 1 saturated heterocycles. The zero-order valence-electron chi connectivity index (χ0n) is 31.7. The maximum absolute atomic E-state index is 17.0. The minimum atomic E-state index is -2.96. The van der Waals surface area contributed by atoms with Crippen molar-refractivity contribution >= 4 is 11.9 Å². The van der Waals surface area contributed by atoms with Crippen LogP contribution in [0.5, 0.6) is 0 Å². The van der Waals surface area contributed by atoms with Gasteiger partial charge in [0.2, 0.25) is 12.0 Å². The van der Waals surface area contributed by atoms with E-state index in [0.717, 1.165) is 22.3 Å². The largest absolute Gasteiger partial charge is 0.459 e. The Morgan fingerprint density at radius 1 is 0.632 bits per heavy atom. The maximum Gasteiger partial charge on any atom is 0.328 e. The molecule has 1 amide bonds. The van der Waals surface area contributed by atoms with E-state index in [4.69, 9.17) is 28.4 Å². The third-order valence-corrected chi connectivity index (χ3v) is 9.50. The van der Waals surface area contributed by atoms with Crippen LogP contribution < -0.4 is 5.32 Å². The van der Waals surface area contributed by atoms with Crippen LogP contribution in [-0.4, -0.2) is 66.0 Å². The summed E-state index contributed by atoms with van der Waals surface area (Å²) in [4.78, 5) is 26.7.